The number of rotatable bonds is 3. The normalized spacial score (nSPS) is 10.1. The molecule has 2 nitrogen and oxygen atoms in total. The van der Waals surface area contributed by atoms with E-state index in [1.54, 1.807) is 12.1 Å². The van der Waals surface area contributed by atoms with Crippen molar-refractivity contribution in [3.63, 3.8) is 0 Å². The minimum atomic E-state index is -0.557. The molecule has 0 radical (unpaired) electrons. The minimum absolute atomic E-state index is 0.203. The highest BCUT2D eigenvalue weighted by Crippen LogP contribution is 2.15. The molecule has 2 aromatic carbocycles. The summed E-state index contributed by atoms with van der Waals surface area (Å²) in [6.07, 6.45) is 0.929. The smallest absolute Gasteiger partial charge is 0.343 e. The summed E-state index contributed by atoms with van der Waals surface area (Å²) in [5.74, 6) is -0.550. The first-order valence-electron chi connectivity index (χ1n) is 5.75. The standard InChI is InChI=1S/C15H13FO2/c1-2-11-6-8-14(9-7-11)18-15(17)12-4-3-5-13(16)10-12/h3-10H,2H2,1H3. The molecule has 0 aromatic heterocycles. The molecule has 3 heteroatoms. The Balaban J connectivity index is 2.11. The summed E-state index contributed by atoms with van der Waals surface area (Å²) in [6.45, 7) is 2.05. The van der Waals surface area contributed by atoms with E-state index in [2.05, 4.69) is 0 Å². The average molecular weight is 244 g/mol. The van der Waals surface area contributed by atoms with E-state index in [1.807, 2.05) is 19.1 Å². The van der Waals surface area contributed by atoms with Crippen molar-refractivity contribution < 1.29 is 13.9 Å². The van der Waals surface area contributed by atoms with Gasteiger partial charge in [-0.05, 0) is 42.3 Å². The summed E-state index contributed by atoms with van der Waals surface area (Å²) in [6, 6.07) is 12.7. The van der Waals surface area contributed by atoms with Gasteiger partial charge >= 0.3 is 5.97 Å². The van der Waals surface area contributed by atoms with Gasteiger partial charge in [-0.3, -0.25) is 0 Å². The van der Waals surface area contributed by atoms with Gasteiger partial charge in [-0.15, -0.1) is 0 Å². The predicted molar refractivity (Wildman–Crippen MR) is 67.2 cm³/mol. The number of esters is 1. The van der Waals surface area contributed by atoms with Gasteiger partial charge in [0.05, 0.1) is 5.56 Å². The van der Waals surface area contributed by atoms with Crippen LogP contribution in [-0.2, 0) is 6.42 Å². The third-order valence-corrected chi connectivity index (χ3v) is 2.60. The fourth-order valence-electron chi connectivity index (χ4n) is 1.57. The van der Waals surface area contributed by atoms with Crippen LogP contribution in [0.15, 0.2) is 48.5 Å². The maximum atomic E-state index is 13.0. The molecule has 0 unspecified atom stereocenters. The third-order valence-electron chi connectivity index (χ3n) is 2.60. The van der Waals surface area contributed by atoms with Crippen molar-refractivity contribution in [2.45, 2.75) is 13.3 Å². The summed E-state index contributed by atoms with van der Waals surface area (Å²) in [5.41, 5.74) is 1.37. The molecule has 18 heavy (non-hydrogen) atoms. The lowest BCUT2D eigenvalue weighted by Crippen LogP contribution is -2.08. The molecule has 0 atom stereocenters. The molecule has 92 valence electrons. The zero-order valence-electron chi connectivity index (χ0n) is 10.0. The van der Waals surface area contributed by atoms with Crippen LogP contribution < -0.4 is 4.74 Å². The van der Waals surface area contributed by atoms with Crippen LogP contribution in [0.2, 0.25) is 0 Å². The fraction of sp³-hybridized carbons (Fsp3) is 0.133. The van der Waals surface area contributed by atoms with Gasteiger partial charge in [0, 0.05) is 0 Å². The quantitative estimate of drug-likeness (QED) is 0.609. The molecular weight excluding hydrogens is 231 g/mol. The SMILES string of the molecule is CCc1ccc(OC(=O)c2cccc(F)c2)cc1. The maximum absolute atomic E-state index is 13.0. The first kappa shape index (κ1) is 12.3. The first-order chi connectivity index (χ1) is 8.69. The van der Waals surface area contributed by atoms with E-state index in [0.29, 0.717) is 5.75 Å². The Morgan fingerprint density at radius 1 is 1.17 bits per heavy atom. The van der Waals surface area contributed by atoms with E-state index >= 15 is 0 Å². The van der Waals surface area contributed by atoms with E-state index in [-0.39, 0.29) is 5.56 Å². The van der Waals surface area contributed by atoms with E-state index in [9.17, 15) is 9.18 Å². The summed E-state index contributed by atoms with van der Waals surface area (Å²) in [5, 5.41) is 0. The van der Waals surface area contributed by atoms with E-state index in [0.717, 1.165) is 12.5 Å². The van der Waals surface area contributed by atoms with Crippen LogP contribution in [0.25, 0.3) is 0 Å². The number of hydrogen-bond acceptors (Lipinski definition) is 2. The topological polar surface area (TPSA) is 26.3 Å². The predicted octanol–water partition coefficient (Wildman–Crippen LogP) is 3.61. The molecule has 0 fully saturated rings. The lowest BCUT2D eigenvalue weighted by Gasteiger charge is -2.05. The summed E-state index contributed by atoms with van der Waals surface area (Å²) in [4.78, 5) is 11.7. The summed E-state index contributed by atoms with van der Waals surface area (Å²) >= 11 is 0. The van der Waals surface area contributed by atoms with Crippen molar-refractivity contribution >= 4 is 5.97 Å². The second kappa shape index (κ2) is 5.45. The highest BCUT2D eigenvalue weighted by molar-refractivity contribution is 5.91. The minimum Gasteiger partial charge on any atom is -0.423 e. The largest absolute Gasteiger partial charge is 0.423 e. The highest BCUT2D eigenvalue weighted by atomic mass is 19.1. The van der Waals surface area contributed by atoms with Gasteiger partial charge in [-0.2, -0.15) is 0 Å². The molecule has 2 aromatic rings. The van der Waals surface area contributed by atoms with Crippen LogP contribution in [0.3, 0.4) is 0 Å². The van der Waals surface area contributed by atoms with Gasteiger partial charge in [0.1, 0.15) is 11.6 Å². The molecule has 0 N–H and O–H groups in total. The second-order valence-corrected chi connectivity index (χ2v) is 3.90. The molecule has 0 heterocycles. The average Bonchev–Trinajstić information content (AvgIpc) is 2.39. The number of ether oxygens (including phenoxy) is 1. The number of benzene rings is 2. The van der Waals surface area contributed by atoms with Gasteiger partial charge in [-0.25, -0.2) is 9.18 Å². The Kier molecular flexibility index (Phi) is 3.72. The van der Waals surface area contributed by atoms with E-state index in [4.69, 9.17) is 4.74 Å². The summed E-state index contributed by atoms with van der Waals surface area (Å²) < 4.78 is 18.1. The van der Waals surface area contributed by atoms with E-state index in [1.165, 1.54) is 23.8 Å². The lowest BCUT2D eigenvalue weighted by atomic mass is 10.2. The number of hydrogen-bond donors (Lipinski definition) is 0. The molecule has 0 aliphatic rings. The molecule has 0 bridgehead atoms. The molecule has 0 aliphatic heterocycles. The van der Waals surface area contributed by atoms with Crippen LogP contribution >= 0.6 is 0 Å². The molecule has 0 amide bonds. The van der Waals surface area contributed by atoms with Crippen molar-refractivity contribution in [1.82, 2.24) is 0 Å². The Morgan fingerprint density at radius 3 is 2.50 bits per heavy atom. The van der Waals surface area contributed by atoms with Gasteiger partial charge in [0.2, 0.25) is 0 Å². The molecular formula is C15H13FO2. The molecule has 0 saturated heterocycles. The number of aryl methyl sites for hydroxylation is 1. The second-order valence-electron chi connectivity index (χ2n) is 3.90. The molecule has 0 saturated carbocycles. The lowest BCUT2D eigenvalue weighted by molar-refractivity contribution is 0.0734. The Morgan fingerprint density at radius 2 is 1.89 bits per heavy atom. The van der Waals surface area contributed by atoms with Gasteiger partial charge in [0.15, 0.2) is 0 Å². The zero-order valence-corrected chi connectivity index (χ0v) is 10.0. The van der Waals surface area contributed by atoms with Gasteiger partial charge in [-0.1, -0.05) is 25.1 Å². The summed E-state index contributed by atoms with van der Waals surface area (Å²) in [7, 11) is 0. The maximum Gasteiger partial charge on any atom is 0.343 e. The number of carbonyl (C=O) groups is 1. The Labute approximate surface area is 105 Å². The Hall–Kier alpha value is -2.16. The fourth-order valence-corrected chi connectivity index (χ4v) is 1.57. The Bertz CT molecular complexity index is 547. The molecule has 0 aliphatic carbocycles. The third kappa shape index (κ3) is 2.94. The van der Waals surface area contributed by atoms with Gasteiger partial charge < -0.3 is 4.74 Å². The first-order valence-corrected chi connectivity index (χ1v) is 5.75. The van der Waals surface area contributed by atoms with Crippen molar-refractivity contribution in [3.05, 3.63) is 65.5 Å². The van der Waals surface area contributed by atoms with Crippen LogP contribution in [0, 0.1) is 5.82 Å². The van der Waals surface area contributed by atoms with Crippen molar-refractivity contribution in [3.8, 4) is 5.75 Å². The molecule has 0 spiro atoms. The molecule has 2 rings (SSSR count). The van der Waals surface area contributed by atoms with Crippen LogP contribution in [0.4, 0.5) is 4.39 Å². The highest BCUT2D eigenvalue weighted by Gasteiger charge is 2.09. The number of halogens is 1. The van der Waals surface area contributed by atoms with Gasteiger partial charge in [0.25, 0.3) is 0 Å². The van der Waals surface area contributed by atoms with E-state index < -0.39 is 11.8 Å². The van der Waals surface area contributed by atoms with Crippen LogP contribution in [0.5, 0.6) is 5.75 Å². The zero-order chi connectivity index (χ0) is 13.0. The van der Waals surface area contributed by atoms with Crippen LogP contribution in [0.1, 0.15) is 22.8 Å². The monoisotopic (exact) mass is 244 g/mol. The van der Waals surface area contributed by atoms with Crippen molar-refractivity contribution in [2.24, 2.45) is 0 Å². The van der Waals surface area contributed by atoms with Crippen LogP contribution in [-0.4, -0.2) is 5.97 Å². The van der Waals surface area contributed by atoms with Crippen molar-refractivity contribution in [1.29, 1.82) is 0 Å². The van der Waals surface area contributed by atoms with Crippen molar-refractivity contribution in [2.75, 3.05) is 0 Å². The number of carbonyl (C=O) groups excluding carboxylic acids is 1.